The molecule has 1 saturated carbocycles. The van der Waals surface area contributed by atoms with Crippen LogP contribution in [0.4, 0.5) is 0 Å². The molecule has 0 N–H and O–H groups in total. The maximum absolute atomic E-state index is 11.7. The molecule has 90 valence electrons. The Morgan fingerprint density at radius 1 is 1.69 bits per heavy atom. The number of hydrogen-bond donors (Lipinski definition) is 0. The van der Waals surface area contributed by atoms with E-state index in [1.807, 2.05) is 6.92 Å². The fourth-order valence-electron chi connectivity index (χ4n) is 2.85. The summed E-state index contributed by atoms with van der Waals surface area (Å²) >= 11 is 0. The molecule has 0 amide bonds. The van der Waals surface area contributed by atoms with Gasteiger partial charge in [-0.2, -0.15) is 0 Å². The van der Waals surface area contributed by atoms with Crippen LogP contribution in [0, 0.1) is 27.4 Å². The number of nitrogens with zero attached hydrogens (tertiary/aromatic N) is 1. The molecule has 0 heterocycles. The van der Waals surface area contributed by atoms with Crippen LogP contribution >= 0.6 is 0 Å². The second kappa shape index (κ2) is 4.76. The maximum Gasteiger partial charge on any atom is 0.206 e. The fraction of sp³-hybridized carbons (Fsp3) is 0.750. The predicted molar refractivity (Wildman–Crippen MR) is 61.7 cm³/mol. The molecule has 0 spiro atoms. The summed E-state index contributed by atoms with van der Waals surface area (Å²) in [6.45, 7) is 7.19. The summed E-state index contributed by atoms with van der Waals surface area (Å²) in [5.41, 5.74) is -0.394. The number of ketones is 1. The molecule has 0 saturated heterocycles. The summed E-state index contributed by atoms with van der Waals surface area (Å²) in [6, 6.07) is 0. The van der Waals surface area contributed by atoms with Gasteiger partial charge in [0.15, 0.2) is 0 Å². The van der Waals surface area contributed by atoms with Crippen LogP contribution in [0.1, 0.15) is 33.1 Å². The second-order valence-corrected chi connectivity index (χ2v) is 5.02. The van der Waals surface area contributed by atoms with Crippen LogP contribution in [-0.2, 0) is 4.79 Å². The van der Waals surface area contributed by atoms with Gasteiger partial charge in [-0.1, -0.05) is 13.0 Å². The Morgan fingerprint density at radius 3 is 2.75 bits per heavy atom. The Kier molecular flexibility index (Phi) is 3.83. The number of carbonyl (C=O) groups excluding carboxylic acids is 1. The molecule has 1 rings (SSSR count). The van der Waals surface area contributed by atoms with E-state index in [2.05, 4.69) is 6.58 Å². The lowest BCUT2D eigenvalue weighted by Gasteiger charge is -2.27. The maximum atomic E-state index is 11.7. The molecule has 0 aromatic rings. The van der Waals surface area contributed by atoms with Gasteiger partial charge in [-0.05, 0) is 32.1 Å². The van der Waals surface area contributed by atoms with Gasteiger partial charge in [0.05, 0.1) is 0 Å². The zero-order valence-electron chi connectivity index (χ0n) is 9.94. The highest BCUT2D eigenvalue weighted by atomic mass is 16.6. The zero-order valence-corrected chi connectivity index (χ0v) is 9.94. The highest BCUT2D eigenvalue weighted by Crippen LogP contribution is 2.48. The Balaban J connectivity index is 2.79. The van der Waals surface area contributed by atoms with Crippen molar-refractivity contribution in [2.24, 2.45) is 17.3 Å². The minimum Gasteiger partial charge on any atom is -0.299 e. The zero-order chi connectivity index (χ0) is 12.3. The summed E-state index contributed by atoms with van der Waals surface area (Å²) in [7, 11) is 0. The third-order valence-electron chi connectivity index (χ3n) is 3.89. The molecular weight excluding hydrogens is 206 g/mol. The minimum atomic E-state index is -0.394. The standard InChI is InChI=1S/C12H19NO3/c1-4-5-11-6-10(8-13(15)16)7-12(11,3)9(2)14/h4,10-11H,1,5-8H2,2-3H3/t10-,11+,12+/m1/s1. The molecule has 1 aliphatic carbocycles. The molecule has 0 aromatic heterocycles. The Morgan fingerprint density at radius 2 is 2.31 bits per heavy atom. The SMILES string of the molecule is C=CC[C@H]1C[C@@H](C[N+](=O)[O-])C[C@@]1(C)C(C)=O. The fourth-order valence-corrected chi connectivity index (χ4v) is 2.85. The second-order valence-electron chi connectivity index (χ2n) is 5.02. The van der Waals surface area contributed by atoms with Crippen LogP contribution < -0.4 is 0 Å². The summed E-state index contributed by atoms with van der Waals surface area (Å²) in [6.07, 6.45) is 3.98. The number of nitro groups is 1. The quantitative estimate of drug-likeness (QED) is 0.410. The molecule has 4 heteroatoms. The van der Waals surface area contributed by atoms with Gasteiger partial charge >= 0.3 is 0 Å². The highest BCUT2D eigenvalue weighted by Gasteiger charge is 2.47. The lowest BCUT2D eigenvalue weighted by molar-refractivity contribution is -0.488. The van der Waals surface area contributed by atoms with Crippen molar-refractivity contribution in [1.29, 1.82) is 0 Å². The normalized spacial score (nSPS) is 33.6. The van der Waals surface area contributed by atoms with Gasteiger partial charge in [0.1, 0.15) is 5.78 Å². The molecule has 0 radical (unpaired) electrons. The van der Waals surface area contributed by atoms with Gasteiger partial charge in [-0.3, -0.25) is 14.9 Å². The van der Waals surface area contributed by atoms with Gasteiger partial charge in [0.2, 0.25) is 6.54 Å². The van der Waals surface area contributed by atoms with Crippen LogP contribution in [0.25, 0.3) is 0 Å². The third-order valence-corrected chi connectivity index (χ3v) is 3.89. The molecule has 3 atom stereocenters. The number of hydrogen-bond acceptors (Lipinski definition) is 3. The first kappa shape index (κ1) is 12.9. The van der Waals surface area contributed by atoms with Gasteiger partial charge in [0, 0.05) is 16.3 Å². The first-order chi connectivity index (χ1) is 7.40. The Hall–Kier alpha value is -1.19. The molecule has 1 fully saturated rings. The van der Waals surface area contributed by atoms with Crippen LogP contribution in [-0.4, -0.2) is 17.3 Å². The van der Waals surface area contributed by atoms with Crippen molar-refractivity contribution in [1.82, 2.24) is 0 Å². The van der Waals surface area contributed by atoms with Crippen LogP contribution in [0.3, 0.4) is 0 Å². The smallest absolute Gasteiger partial charge is 0.206 e. The van der Waals surface area contributed by atoms with Crippen LogP contribution in [0.15, 0.2) is 12.7 Å². The molecule has 0 unspecified atom stereocenters. The van der Waals surface area contributed by atoms with Crippen molar-refractivity contribution in [2.75, 3.05) is 6.54 Å². The van der Waals surface area contributed by atoms with E-state index in [-0.39, 0.29) is 29.1 Å². The number of carbonyl (C=O) groups is 1. The minimum absolute atomic E-state index is 0.0173. The lowest BCUT2D eigenvalue weighted by Crippen LogP contribution is -2.29. The predicted octanol–water partition coefficient (Wildman–Crippen LogP) is 2.46. The van der Waals surface area contributed by atoms with E-state index in [0.717, 1.165) is 12.8 Å². The van der Waals surface area contributed by atoms with Gasteiger partial charge in [-0.15, -0.1) is 6.58 Å². The monoisotopic (exact) mass is 225 g/mol. The average Bonchev–Trinajstić information content (AvgIpc) is 2.44. The third kappa shape index (κ3) is 2.49. The van der Waals surface area contributed by atoms with E-state index in [1.54, 1.807) is 13.0 Å². The van der Waals surface area contributed by atoms with E-state index in [0.29, 0.717) is 6.42 Å². The van der Waals surface area contributed by atoms with Crippen molar-refractivity contribution < 1.29 is 9.72 Å². The van der Waals surface area contributed by atoms with Crippen molar-refractivity contribution in [2.45, 2.75) is 33.1 Å². The van der Waals surface area contributed by atoms with E-state index >= 15 is 0 Å². The number of allylic oxidation sites excluding steroid dienone is 1. The molecule has 16 heavy (non-hydrogen) atoms. The molecule has 0 aliphatic heterocycles. The topological polar surface area (TPSA) is 60.2 Å². The summed E-state index contributed by atoms with van der Waals surface area (Å²) < 4.78 is 0. The first-order valence-electron chi connectivity index (χ1n) is 5.64. The van der Waals surface area contributed by atoms with Gasteiger partial charge in [0.25, 0.3) is 0 Å². The Labute approximate surface area is 95.9 Å². The highest BCUT2D eigenvalue weighted by molar-refractivity contribution is 5.82. The van der Waals surface area contributed by atoms with E-state index < -0.39 is 5.41 Å². The largest absolute Gasteiger partial charge is 0.299 e. The van der Waals surface area contributed by atoms with E-state index in [1.165, 1.54) is 0 Å². The first-order valence-corrected chi connectivity index (χ1v) is 5.64. The lowest BCUT2D eigenvalue weighted by atomic mass is 9.75. The molecular formula is C12H19NO3. The average molecular weight is 225 g/mol. The van der Waals surface area contributed by atoms with Crippen LogP contribution in [0.2, 0.25) is 0 Å². The van der Waals surface area contributed by atoms with Crippen molar-refractivity contribution >= 4 is 5.78 Å². The van der Waals surface area contributed by atoms with Crippen molar-refractivity contribution in [3.8, 4) is 0 Å². The summed E-state index contributed by atoms with van der Waals surface area (Å²) in [4.78, 5) is 21.9. The van der Waals surface area contributed by atoms with E-state index in [4.69, 9.17) is 0 Å². The molecule has 1 aliphatic rings. The Bertz CT molecular complexity index is 313. The summed E-state index contributed by atoms with van der Waals surface area (Å²) in [5, 5.41) is 10.5. The van der Waals surface area contributed by atoms with Crippen LogP contribution in [0.5, 0.6) is 0 Å². The van der Waals surface area contributed by atoms with Crippen molar-refractivity contribution in [3.63, 3.8) is 0 Å². The number of Topliss-reactive ketones (excluding diaryl/α,β-unsaturated/α-hetero) is 1. The molecule has 4 nitrogen and oxygen atoms in total. The van der Waals surface area contributed by atoms with Gasteiger partial charge in [-0.25, -0.2) is 0 Å². The van der Waals surface area contributed by atoms with E-state index in [9.17, 15) is 14.9 Å². The van der Waals surface area contributed by atoms with Gasteiger partial charge < -0.3 is 0 Å². The van der Waals surface area contributed by atoms with Crippen molar-refractivity contribution in [3.05, 3.63) is 22.8 Å². The molecule has 0 bridgehead atoms. The molecule has 0 aromatic carbocycles. The summed E-state index contributed by atoms with van der Waals surface area (Å²) in [5.74, 6) is 0.395. The number of rotatable bonds is 5.